The first-order valence-corrected chi connectivity index (χ1v) is 9.52. The van der Waals surface area contributed by atoms with Crippen molar-refractivity contribution in [3.05, 3.63) is 81.5 Å². The SMILES string of the molecule is O=c1[nH]c(Nc2ccc(CN3CCOCC3)cc2)nnc1Cc1ccc(F)cc1. The number of aromatic nitrogens is 3. The Morgan fingerprint density at radius 2 is 1.69 bits per heavy atom. The van der Waals surface area contributed by atoms with Crippen LogP contribution in [0.15, 0.2) is 53.3 Å². The minimum atomic E-state index is -0.323. The van der Waals surface area contributed by atoms with Crippen LogP contribution < -0.4 is 10.9 Å². The molecule has 29 heavy (non-hydrogen) atoms. The third kappa shape index (κ3) is 5.24. The van der Waals surface area contributed by atoms with Crippen LogP contribution in [-0.4, -0.2) is 46.4 Å². The van der Waals surface area contributed by atoms with Crippen molar-refractivity contribution in [3.63, 3.8) is 0 Å². The van der Waals surface area contributed by atoms with E-state index in [1.54, 1.807) is 12.1 Å². The molecule has 7 nitrogen and oxygen atoms in total. The number of H-pyrrole nitrogens is 1. The molecule has 0 radical (unpaired) electrons. The summed E-state index contributed by atoms with van der Waals surface area (Å²) >= 11 is 0. The first-order chi connectivity index (χ1) is 14.2. The molecule has 1 aromatic heterocycles. The average Bonchev–Trinajstić information content (AvgIpc) is 2.74. The quantitative estimate of drug-likeness (QED) is 0.667. The van der Waals surface area contributed by atoms with Crippen LogP contribution in [0.1, 0.15) is 16.8 Å². The summed E-state index contributed by atoms with van der Waals surface area (Å²) in [5, 5.41) is 11.1. The van der Waals surface area contributed by atoms with Crippen LogP contribution >= 0.6 is 0 Å². The van der Waals surface area contributed by atoms with Crippen molar-refractivity contribution in [2.24, 2.45) is 0 Å². The molecular formula is C21H22FN5O2. The van der Waals surface area contributed by atoms with Crippen LogP contribution in [-0.2, 0) is 17.7 Å². The zero-order valence-electron chi connectivity index (χ0n) is 15.9. The maximum atomic E-state index is 13.0. The second-order valence-electron chi connectivity index (χ2n) is 6.96. The van der Waals surface area contributed by atoms with Gasteiger partial charge >= 0.3 is 0 Å². The number of nitrogens with one attached hydrogen (secondary N) is 2. The van der Waals surface area contributed by atoms with Gasteiger partial charge in [-0.25, -0.2) is 4.39 Å². The number of hydrogen-bond acceptors (Lipinski definition) is 6. The molecule has 2 N–H and O–H groups in total. The number of aromatic amines is 1. The van der Waals surface area contributed by atoms with Gasteiger partial charge in [0.25, 0.3) is 5.56 Å². The minimum Gasteiger partial charge on any atom is -0.379 e. The number of halogens is 1. The maximum Gasteiger partial charge on any atom is 0.274 e. The van der Waals surface area contributed by atoms with Crippen molar-refractivity contribution in [3.8, 4) is 0 Å². The van der Waals surface area contributed by atoms with E-state index < -0.39 is 0 Å². The van der Waals surface area contributed by atoms with E-state index >= 15 is 0 Å². The first-order valence-electron chi connectivity index (χ1n) is 9.52. The lowest BCUT2D eigenvalue weighted by molar-refractivity contribution is 0.0342. The van der Waals surface area contributed by atoms with E-state index in [1.807, 2.05) is 24.3 Å². The first kappa shape index (κ1) is 19.2. The summed E-state index contributed by atoms with van der Waals surface area (Å²) in [5.74, 6) is -0.0389. The molecule has 3 aromatic rings. The second-order valence-corrected chi connectivity index (χ2v) is 6.96. The molecule has 0 saturated carbocycles. The van der Waals surface area contributed by atoms with Crippen LogP contribution in [0.3, 0.4) is 0 Å². The maximum absolute atomic E-state index is 13.0. The van der Waals surface area contributed by atoms with Gasteiger partial charge in [0, 0.05) is 31.7 Å². The highest BCUT2D eigenvalue weighted by atomic mass is 19.1. The predicted octanol–water partition coefficient (Wildman–Crippen LogP) is 2.47. The zero-order chi connectivity index (χ0) is 20.1. The molecule has 0 amide bonds. The monoisotopic (exact) mass is 395 g/mol. The van der Waals surface area contributed by atoms with Crippen molar-refractivity contribution in [2.75, 3.05) is 31.6 Å². The molecule has 0 aliphatic carbocycles. The molecule has 150 valence electrons. The van der Waals surface area contributed by atoms with Gasteiger partial charge < -0.3 is 10.1 Å². The van der Waals surface area contributed by atoms with Gasteiger partial charge in [0.15, 0.2) is 0 Å². The Kier molecular flexibility index (Phi) is 5.92. The summed E-state index contributed by atoms with van der Waals surface area (Å²) < 4.78 is 18.4. The molecular weight excluding hydrogens is 373 g/mol. The number of morpholine rings is 1. The van der Waals surface area contributed by atoms with Crippen molar-refractivity contribution in [1.29, 1.82) is 0 Å². The van der Waals surface area contributed by atoms with Crippen LogP contribution in [0.25, 0.3) is 0 Å². The Morgan fingerprint density at radius 3 is 2.38 bits per heavy atom. The number of anilines is 2. The Labute approximate surface area is 167 Å². The lowest BCUT2D eigenvalue weighted by Gasteiger charge is -2.26. The number of nitrogens with zero attached hydrogens (tertiary/aromatic N) is 3. The molecule has 8 heteroatoms. The molecule has 4 rings (SSSR count). The summed E-state index contributed by atoms with van der Waals surface area (Å²) in [5.41, 5.74) is 2.78. The summed E-state index contributed by atoms with van der Waals surface area (Å²) in [6, 6.07) is 14.0. The highest BCUT2D eigenvalue weighted by Crippen LogP contribution is 2.15. The lowest BCUT2D eigenvalue weighted by Crippen LogP contribution is -2.35. The minimum absolute atomic E-state index is 0.277. The highest BCUT2D eigenvalue weighted by Gasteiger charge is 2.11. The Hall–Kier alpha value is -3.10. The summed E-state index contributed by atoms with van der Waals surface area (Å²) in [6.45, 7) is 4.34. The highest BCUT2D eigenvalue weighted by molar-refractivity contribution is 5.53. The Balaban J connectivity index is 1.38. The molecule has 0 spiro atoms. The predicted molar refractivity (Wildman–Crippen MR) is 108 cm³/mol. The molecule has 1 saturated heterocycles. The van der Waals surface area contributed by atoms with Gasteiger partial charge in [-0.3, -0.25) is 14.7 Å². The summed E-state index contributed by atoms with van der Waals surface area (Å²) in [6.07, 6.45) is 0.291. The Morgan fingerprint density at radius 1 is 1.00 bits per heavy atom. The van der Waals surface area contributed by atoms with Gasteiger partial charge in [-0.15, -0.1) is 10.2 Å². The Bertz CT molecular complexity index is 999. The molecule has 0 atom stereocenters. The van der Waals surface area contributed by atoms with Gasteiger partial charge in [0.1, 0.15) is 11.5 Å². The molecule has 2 heterocycles. The fraction of sp³-hybridized carbons (Fsp3) is 0.286. The van der Waals surface area contributed by atoms with Crippen LogP contribution in [0.5, 0.6) is 0 Å². The van der Waals surface area contributed by atoms with E-state index in [2.05, 4.69) is 25.4 Å². The van der Waals surface area contributed by atoms with E-state index in [0.29, 0.717) is 6.42 Å². The topological polar surface area (TPSA) is 83.1 Å². The van der Waals surface area contributed by atoms with Crippen molar-refractivity contribution >= 4 is 11.6 Å². The molecule has 1 fully saturated rings. The van der Waals surface area contributed by atoms with E-state index in [1.165, 1.54) is 17.7 Å². The van der Waals surface area contributed by atoms with Crippen LogP contribution in [0, 0.1) is 5.82 Å². The summed E-state index contributed by atoms with van der Waals surface area (Å²) in [4.78, 5) is 17.3. The van der Waals surface area contributed by atoms with Crippen LogP contribution in [0.2, 0.25) is 0 Å². The lowest BCUT2D eigenvalue weighted by atomic mass is 10.1. The molecule has 2 aromatic carbocycles. The third-order valence-electron chi connectivity index (χ3n) is 4.78. The van der Waals surface area contributed by atoms with E-state index in [9.17, 15) is 9.18 Å². The smallest absolute Gasteiger partial charge is 0.274 e. The van der Waals surface area contributed by atoms with Gasteiger partial charge in [-0.1, -0.05) is 24.3 Å². The van der Waals surface area contributed by atoms with Crippen molar-refractivity contribution in [1.82, 2.24) is 20.1 Å². The fourth-order valence-corrected chi connectivity index (χ4v) is 3.18. The molecule has 0 unspecified atom stereocenters. The van der Waals surface area contributed by atoms with E-state index in [0.717, 1.165) is 44.1 Å². The third-order valence-corrected chi connectivity index (χ3v) is 4.78. The van der Waals surface area contributed by atoms with Gasteiger partial charge in [0.2, 0.25) is 5.95 Å². The zero-order valence-corrected chi connectivity index (χ0v) is 15.9. The van der Waals surface area contributed by atoms with Gasteiger partial charge in [-0.05, 0) is 35.4 Å². The summed E-state index contributed by atoms with van der Waals surface area (Å²) in [7, 11) is 0. The van der Waals surface area contributed by atoms with Gasteiger partial charge in [0.05, 0.1) is 13.2 Å². The second kappa shape index (κ2) is 8.93. The van der Waals surface area contributed by atoms with Crippen molar-refractivity contribution < 1.29 is 9.13 Å². The fourth-order valence-electron chi connectivity index (χ4n) is 3.18. The van der Waals surface area contributed by atoms with Crippen LogP contribution in [0.4, 0.5) is 16.0 Å². The molecule has 1 aliphatic heterocycles. The normalized spacial score (nSPS) is 14.7. The molecule has 1 aliphatic rings. The average molecular weight is 395 g/mol. The largest absolute Gasteiger partial charge is 0.379 e. The standard InChI is InChI=1S/C21H22FN5O2/c22-17-5-1-15(2-6-17)13-19-20(28)24-21(26-25-19)23-18-7-3-16(4-8-18)14-27-9-11-29-12-10-27/h1-8H,9-14H2,(H2,23,24,26,28). The van der Waals surface area contributed by atoms with E-state index in [-0.39, 0.29) is 23.0 Å². The number of ether oxygens (including phenoxy) is 1. The number of hydrogen-bond donors (Lipinski definition) is 2. The number of benzene rings is 2. The van der Waals surface area contributed by atoms with Gasteiger partial charge in [-0.2, -0.15) is 0 Å². The van der Waals surface area contributed by atoms with E-state index in [4.69, 9.17) is 4.74 Å². The molecule has 0 bridgehead atoms. The number of rotatable bonds is 6. The van der Waals surface area contributed by atoms with Crippen molar-refractivity contribution in [2.45, 2.75) is 13.0 Å².